The standard InChI is InChI=1S/C11H17N3S/c1-8(11(12)13)14(9-4-5-9)7-10-3-2-6-15-10/h2-3,6,8-9H,4-5,7H2,1H3,(H3,12,13). The first-order chi connectivity index (χ1) is 7.18. The molecule has 0 radical (unpaired) electrons. The second-order valence-corrected chi connectivity index (χ2v) is 5.15. The highest BCUT2D eigenvalue weighted by molar-refractivity contribution is 7.09. The van der Waals surface area contributed by atoms with Crippen LogP contribution in [-0.2, 0) is 6.54 Å². The zero-order valence-corrected chi connectivity index (χ0v) is 9.76. The van der Waals surface area contributed by atoms with Gasteiger partial charge in [-0.25, -0.2) is 0 Å². The minimum absolute atomic E-state index is 0.0691. The molecular weight excluding hydrogens is 206 g/mol. The van der Waals surface area contributed by atoms with Crippen LogP contribution >= 0.6 is 11.3 Å². The zero-order chi connectivity index (χ0) is 10.8. The number of nitrogens with zero attached hydrogens (tertiary/aromatic N) is 1. The lowest BCUT2D eigenvalue weighted by Crippen LogP contribution is -2.43. The van der Waals surface area contributed by atoms with Gasteiger partial charge in [0.05, 0.1) is 6.04 Å². The highest BCUT2D eigenvalue weighted by Crippen LogP contribution is 2.30. The molecule has 1 aliphatic carbocycles. The van der Waals surface area contributed by atoms with Gasteiger partial charge in [0.25, 0.3) is 0 Å². The second-order valence-electron chi connectivity index (χ2n) is 4.11. The van der Waals surface area contributed by atoms with Gasteiger partial charge in [-0.2, -0.15) is 0 Å². The highest BCUT2D eigenvalue weighted by Gasteiger charge is 2.33. The lowest BCUT2D eigenvalue weighted by atomic mass is 10.2. The fourth-order valence-electron chi connectivity index (χ4n) is 1.75. The second kappa shape index (κ2) is 4.33. The van der Waals surface area contributed by atoms with Gasteiger partial charge in [-0.1, -0.05) is 6.07 Å². The normalized spacial score (nSPS) is 18.0. The quantitative estimate of drug-likeness (QED) is 0.593. The average molecular weight is 223 g/mol. The van der Waals surface area contributed by atoms with E-state index < -0.39 is 0 Å². The molecule has 3 nitrogen and oxygen atoms in total. The van der Waals surface area contributed by atoms with Crippen LogP contribution in [0.3, 0.4) is 0 Å². The van der Waals surface area contributed by atoms with Crippen molar-refractivity contribution in [3.63, 3.8) is 0 Å². The largest absolute Gasteiger partial charge is 0.386 e. The predicted molar refractivity (Wildman–Crippen MR) is 64.3 cm³/mol. The average Bonchev–Trinajstić information content (AvgIpc) is 2.92. The minimum atomic E-state index is 0.0691. The van der Waals surface area contributed by atoms with E-state index in [-0.39, 0.29) is 11.9 Å². The van der Waals surface area contributed by atoms with Crippen molar-refractivity contribution in [2.24, 2.45) is 5.73 Å². The van der Waals surface area contributed by atoms with Crippen molar-refractivity contribution in [2.45, 2.75) is 38.4 Å². The van der Waals surface area contributed by atoms with Gasteiger partial charge < -0.3 is 5.73 Å². The first kappa shape index (κ1) is 10.6. The topological polar surface area (TPSA) is 53.1 Å². The van der Waals surface area contributed by atoms with E-state index in [2.05, 4.69) is 22.4 Å². The Morgan fingerprint density at radius 2 is 2.47 bits per heavy atom. The summed E-state index contributed by atoms with van der Waals surface area (Å²) in [6.45, 7) is 2.96. The maximum absolute atomic E-state index is 7.52. The van der Waals surface area contributed by atoms with E-state index >= 15 is 0 Å². The van der Waals surface area contributed by atoms with Gasteiger partial charge in [0.1, 0.15) is 5.84 Å². The maximum Gasteiger partial charge on any atom is 0.108 e. The molecule has 82 valence electrons. The third kappa shape index (κ3) is 2.58. The molecule has 4 heteroatoms. The molecule has 1 aromatic rings. The van der Waals surface area contributed by atoms with Crippen molar-refractivity contribution in [1.29, 1.82) is 5.41 Å². The summed E-state index contributed by atoms with van der Waals surface area (Å²) in [5, 5.41) is 9.62. The zero-order valence-electron chi connectivity index (χ0n) is 8.94. The summed E-state index contributed by atoms with van der Waals surface area (Å²) in [6, 6.07) is 4.93. The number of hydrogen-bond donors (Lipinski definition) is 2. The van der Waals surface area contributed by atoms with Gasteiger partial charge >= 0.3 is 0 Å². The number of nitrogens with two attached hydrogens (primary N) is 1. The number of nitrogens with one attached hydrogen (secondary N) is 1. The van der Waals surface area contributed by atoms with Gasteiger partial charge in [0, 0.05) is 17.5 Å². The number of thiophene rings is 1. The van der Waals surface area contributed by atoms with E-state index in [0.29, 0.717) is 6.04 Å². The van der Waals surface area contributed by atoms with E-state index in [1.54, 1.807) is 11.3 Å². The molecule has 1 heterocycles. The van der Waals surface area contributed by atoms with E-state index in [1.807, 2.05) is 6.92 Å². The molecule has 0 saturated heterocycles. The van der Waals surface area contributed by atoms with Crippen molar-refractivity contribution in [3.8, 4) is 0 Å². The van der Waals surface area contributed by atoms with Gasteiger partial charge in [0.15, 0.2) is 0 Å². The van der Waals surface area contributed by atoms with Crippen molar-refractivity contribution in [2.75, 3.05) is 0 Å². The Labute approximate surface area is 94.4 Å². The Bertz CT molecular complexity index is 330. The smallest absolute Gasteiger partial charge is 0.108 e. The van der Waals surface area contributed by atoms with Gasteiger partial charge in [-0.15, -0.1) is 11.3 Å². The summed E-state index contributed by atoms with van der Waals surface area (Å²) in [4.78, 5) is 3.70. The molecule has 0 aromatic carbocycles. The molecule has 1 atom stereocenters. The fraction of sp³-hybridized carbons (Fsp3) is 0.545. The van der Waals surface area contributed by atoms with Crippen LogP contribution in [0.5, 0.6) is 0 Å². The van der Waals surface area contributed by atoms with Crippen LogP contribution in [0.25, 0.3) is 0 Å². The minimum Gasteiger partial charge on any atom is -0.386 e. The van der Waals surface area contributed by atoms with Gasteiger partial charge in [-0.05, 0) is 31.2 Å². The molecule has 0 bridgehead atoms. The van der Waals surface area contributed by atoms with E-state index in [4.69, 9.17) is 11.1 Å². The predicted octanol–water partition coefficient (Wildman–Crippen LogP) is 2.04. The van der Waals surface area contributed by atoms with Crippen molar-refractivity contribution < 1.29 is 0 Å². The summed E-state index contributed by atoms with van der Waals surface area (Å²) in [7, 11) is 0. The third-order valence-corrected chi connectivity index (χ3v) is 3.74. The first-order valence-corrected chi connectivity index (χ1v) is 6.18. The summed E-state index contributed by atoms with van der Waals surface area (Å²) in [5.74, 6) is 0.276. The Hall–Kier alpha value is -0.870. The molecule has 1 unspecified atom stereocenters. The van der Waals surface area contributed by atoms with Gasteiger partial charge in [-0.3, -0.25) is 10.3 Å². The molecule has 0 spiro atoms. The van der Waals surface area contributed by atoms with E-state index in [0.717, 1.165) is 6.54 Å². The highest BCUT2D eigenvalue weighted by atomic mass is 32.1. The lowest BCUT2D eigenvalue weighted by Gasteiger charge is -2.27. The molecule has 1 aromatic heterocycles. The maximum atomic E-state index is 7.52. The van der Waals surface area contributed by atoms with Crippen LogP contribution in [0.1, 0.15) is 24.6 Å². The molecule has 1 aliphatic rings. The van der Waals surface area contributed by atoms with Crippen LogP contribution in [0.2, 0.25) is 0 Å². The summed E-state index contributed by atoms with van der Waals surface area (Å²) in [6.07, 6.45) is 2.51. The summed E-state index contributed by atoms with van der Waals surface area (Å²) >= 11 is 1.77. The number of rotatable bonds is 5. The fourth-order valence-corrected chi connectivity index (χ4v) is 2.46. The van der Waals surface area contributed by atoms with Crippen LogP contribution in [0.15, 0.2) is 17.5 Å². The molecule has 1 saturated carbocycles. The van der Waals surface area contributed by atoms with Crippen LogP contribution < -0.4 is 5.73 Å². The molecule has 2 rings (SSSR count). The van der Waals surface area contributed by atoms with Crippen LogP contribution in [0, 0.1) is 5.41 Å². The molecule has 3 N–H and O–H groups in total. The van der Waals surface area contributed by atoms with E-state index in [9.17, 15) is 0 Å². The lowest BCUT2D eigenvalue weighted by molar-refractivity contribution is 0.234. The van der Waals surface area contributed by atoms with Crippen LogP contribution in [-0.4, -0.2) is 22.8 Å². The Morgan fingerprint density at radius 1 is 1.73 bits per heavy atom. The number of hydrogen-bond acceptors (Lipinski definition) is 3. The Kier molecular flexibility index (Phi) is 3.07. The monoisotopic (exact) mass is 223 g/mol. The molecule has 0 amide bonds. The van der Waals surface area contributed by atoms with Crippen LogP contribution in [0.4, 0.5) is 0 Å². The third-order valence-electron chi connectivity index (χ3n) is 2.88. The van der Waals surface area contributed by atoms with Crippen molar-refractivity contribution >= 4 is 17.2 Å². The Morgan fingerprint density at radius 3 is 2.93 bits per heavy atom. The summed E-state index contributed by atoms with van der Waals surface area (Å²) in [5.41, 5.74) is 5.58. The van der Waals surface area contributed by atoms with E-state index in [1.165, 1.54) is 17.7 Å². The number of amidine groups is 1. The van der Waals surface area contributed by atoms with Crippen molar-refractivity contribution in [1.82, 2.24) is 4.90 Å². The molecule has 0 aliphatic heterocycles. The summed E-state index contributed by atoms with van der Waals surface area (Å²) < 4.78 is 0. The van der Waals surface area contributed by atoms with Gasteiger partial charge in [0.2, 0.25) is 0 Å². The molecular formula is C11H17N3S. The first-order valence-electron chi connectivity index (χ1n) is 5.30. The Balaban J connectivity index is 2.03. The molecule has 15 heavy (non-hydrogen) atoms. The SMILES string of the molecule is CC(C(=N)N)N(Cc1cccs1)C1CC1. The van der Waals surface area contributed by atoms with Crippen molar-refractivity contribution in [3.05, 3.63) is 22.4 Å². The molecule has 1 fully saturated rings.